The van der Waals surface area contributed by atoms with Gasteiger partial charge >= 0.3 is 0 Å². The summed E-state index contributed by atoms with van der Waals surface area (Å²) in [6, 6.07) is 0. The molecule has 0 aromatic heterocycles. The van der Waals surface area contributed by atoms with E-state index in [4.69, 9.17) is 6.58 Å². The predicted molar refractivity (Wildman–Crippen MR) is 23.7 cm³/mol. The van der Waals surface area contributed by atoms with Crippen molar-refractivity contribution in [3.8, 4) is 0 Å². The average Bonchev–Trinajstić information content (AvgIpc) is 1.41. The maximum Gasteiger partial charge on any atom is -0.0633 e. The minimum absolute atomic E-state index is 1.50. The van der Waals surface area contributed by atoms with Crippen LogP contribution >= 0.6 is 0 Å². The van der Waals surface area contributed by atoms with Gasteiger partial charge in [0.05, 0.1) is 0 Å². The molecular weight excluding hydrogens is 60.1 g/mol. The van der Waals surface area contributed by atoms with Crippen molar-refractivity contribution in [1.29, 1.82) is 0 Å². The van der Waals surface area contributed by atoms with Gasteiger partial charge in [-0.2, -0.15) is 6.08 Å². The molecule has 0 radical (unpaired) electrons. The summed E-state index contributed by atoms with van der Waals surface area (Å²) >= 11 is 0. The van der Waals surface area contributed by atoms with Crippen LogP contribution in [0.5, 0.6) is 0 Å². The van der Waals surface area contributed by atoms with E-state index < -0.39 is 0 Å². The lowest BCUT2D eigenvalue weighted by atomic mass is 10.5. The van der Waals surface area contributed by atoms with Crippen LogP contribution in [-0.4, -0.2) is 0 Å². The number of rotatable bonds is 1. The SMILES string of the molecule is [CH-]=CC=CC. The molecule has 0 N–H and O–H groups in total. The molecule has 0 saturated carbocycles. The molecule has 5 heavy (non-hydrogen) atoms. The van der Waals surface area contributed by atoms with E-state index >= 15 is 0 Å². The molecule has 0 aliphatic rings. The van der Waals surface area contributed by atoms with E-state index in [9.17, 15) is 0 Å². The number of hydrogen-bond acceptors (Lipinski definition) is 0. The van der Waals surface area contributed by atoms with Crippen LogP contribution in [0.3, 0.4) is 0 Å². The van der Waals surface area contributed by atoms with E-state index in [0.717, 1.165) is 0 Å². The van der Waals surface area contributed by atoms with Gasteiger partial charge in [0.2, 0.25) is 0 Å². The zero-order valence-electron chi connectivity index (χ0n) is 3.31. The van der Waals surface area contributed by atoms with Crippen molar-refractivity contribution in [3.05, 3.63) is 24.8 Å². The summed E-state index contributed by atoms with van der Waals surface area (Å²) in [5.74, 6) is 0. The number of allylic oxidation sites excluding steroid dienone is 3. The Hall–Kier alpha value is -0.520. The van der Waals surface area contributed by atoms with Crippen molar-refractivity contribution in [2.24, 2.45) is 0 Å². The van der Waals surface area contributed by atoms with E-state index in [0.29, 0.717) is 0 Å². The van der Waals surface area contributed by atoms with Crippen molar-refractivity contribution in [1.82, 2.24) is 0 Å². The summed E-state index contributed by atoms with van der Waals surface area (Å²) in [6.45, 7) is 6.85. The van der Waals surface area contributed by atoms with Crippen LogP contribution in [0.1, 0.15) is 6.92 Å². The standard InChI is InChI=1S/C5H7/c1-3-5-4-2/h1,3-5H,2H3/q-1. The molecule has 0 saturated heterocycles. The molecule has 0 fully saturated rings. The Morgan fingerprint density at radius 2 is 2.20 bits per heavy atom. The van der Waals surface area contributed by atoms with Crippen molar-refractivity contribution < 1.29 is 0 Å². The zero-order valence-corrected chi connectivity index (χ0v) is 3.31. The van der Waals surface area contributed by atoms with Crippen molar-refractivity contribution in [2.45, 2.75) is 6.92 Å². The van der Waals surface area contributed by atoms with Gasteiger partial charge in [-0.15, -0.1) is 0 Å². The van der Waals surface area contributed by atoms with Gasteiger partial charge in [-0.25, -0.2) is 12.2 Å². The molecule has 0 aliphatic heterocycles. The minimum Gasteiger partial charge on any atom is -0.293 e. The first-order chi connectivity index (χ1) is 2.41. The third kappa shape index (κ3) is 3.48. The molecule has 0 heterocycles. The highest BCUT2D eigenvalue weighted by Gasteiger charge is 1.30. The normalized spacial score (nSPS) is 9.00. The molecule has 0 nitrogen and oxygen atoms in total. The van der Waals surface area contributed by atoms with Crippen LogP contribution in [0.4, 0.5) is 0 Å². The highest BCUT2D eigenvalue weighted by molar-refractivity contribution is 4.92. The molecule has 28 valence electrons. The lowest BCUT2D eigenvalue weighted by molar-refractivity contribution is 1.74. The van der Waals surface area contributed by atoms with E-state index in [-0.39, 0.29) is 0 Å². The van der Waals surface area contributed by atoms with E-state index in [1.807, 2.05) is 13.0 Å². The van der Waals surface area contributed by atoms with Gasteiger partial charge in [0.1, 0.15) is 0 Å². The second-order valence-corrected chi connectivity index (χ2v) is 0.718. The summed E-state index contributed by atoms with van der Waals surface area (Å²) in [4.78, 5) is 0. The monoisotopic (exact) mass is 67.1 g/mol. The maximum atomic E-state index is 4.93. The fourth-order valence-corrected chi connectivity index (χ4v) is 0.111. The molecule has 0 aromatic rings. The third-order valence-corrected chi connectivity index (χ3v) is 0.304. The molecular formula is C5H7-. The van der Waals surface area contributed by atoms with Gasteiger partial charge in [0.25, 0.3) is 0 Å². The Morgan fingerprint density at radius 1 is 1.60 bits per heavy atom. The largest absolute Gasteiger partial charge is 0.293 e. The Morgan fingerprint density at radius 3 is 2.20 bits per heavy atom. The second kappa shape index (κ2) is 3.48. The van der Waals surface area contributed by atoms with Crippen molar-refractivity contribution in [3.63, 3.8) is 0 Å². The molecule has 0 aromatic carbocycles. The predicted octanol–water partition coefficient (Wildman–Crippen LogP) is 1.55. The topological polar surface area (TPSA) is 0 Å². The van der Waals surface area contributed by atoms with Crippen LogP contribution in [0.25, 0.3) is 0 Å². The fraction of sp³-hybridized carbons (Fsp3) is 0.200. The van der Waals surface area contributed by atoms with E-state index in [1.165, 1.54) is 6.08 Å². The Labute approximate surface area is 32.8 Å². The van der Waals surface area contributed by atoms with Gasteiger partial charge in [0, 0.05) is 0 Å². The van der Waals surface area contributed by atoms with Gasteiger partial charge in [0.15, 0.2) is 0 Å². The second-order valence-electron chi connectivity index (χ2n) is 0.718. The van der Waals surface area contributed by atoms with Crippen LogP contribution in [0, 0.1) is 6.58 Å². The van der Waals surface area contributed by atoms with Gasteiger partial charge in [-0.05, 0) is 0 Å². The molecule has 0 bridgehead atoms. The van der Waals surface area contributed by atoms with Gasteiger partial charge < -0.3 is 0 Å². The molecule has 0 heteroatoms. The van der Waals surface area contributed by atoms with Crippen molar-refractivity contribution in [2.75, 3.05) is 0 Å². The number of hydrogen-bond donors (Lipinski definition) is 0. The molecule has 0 atom stereocenters. The Bertz CT molecular complexity index is 42.0. The quantitative estimate of drug-likeness (QED) is 0.322. The summed E-state index contributed by atoms with van der Waals surface area (Å²) < 4.78 is 0. The first-order valence-electron chi connectivity index (χ1n) is 1.58. The molecule has 0 spiro atoms. The summed E-state index contributed by atoms with van der Waals surface area (Å²) in [6.07, 6.45) is 5.15. The molecule has 0 unspecified atom stereocenters. The molecule has 0 amide bonds. The Balaban J connectivity index is 2.92. The third-order valence-electron chi connectivity index (χ3n) is 0.304. The van der Waals surface area contributed by atoms with Gasteiger partial charge in [-0.3, -0.25) is 6.58 Å². The van der Waals surface area contributed by atoms with Crippen molar-refractivity contribution >= 4 is 0 Å². The highest BCUT2D eigenvalue weighted by Crippen LogP contribution is 1.64. The summed E-state index contributed by atoms with van der Waals surface area (Å²) in [5.41, 5.74) is 0. The first kappa shape index (κ1) is 4.48. The highest BCUT2D eigenvalue weighted by atomic mass is 13.5. The van der Waals surface area contributed by atoms with Crippen LogP contribution in [0.15, 0.2) is 18.2 Å². The van der Waals surface area contributed by atoms with Gasteiger partial charge in [-0.1, -0.05) is 6.92 Å². The minimum atomic E-state index is 1.50. The van der Waals surface area contributed by atoms with Crippen LogP contribution < -0.4 is 0 Å². The summed E-state index contributed by atoms with van der Waals surface area (Å²) in [5, 5.41) is 0. The van der Waals surface area contributed by atoms with Crippen LogP contribution in [-0.2, 0) is 0 Å². The van der Waals surface area contributed by atoms with E-state index in [1.54, 1.807) is 6.08 Å². The Kier molecular flexibility index (Phi) is 3.12. The molecule has 0 rings (SSSR count). The zero-order chi connectivity index (χ0) is 4.12. The summed E-state index contributed by atoms with van der Waals surface area (Å²) in [7, 11) is 0. The smallest absolute Gasteiger partial charge is 0.0633 e. The lowest BCUT2D eigenvalue weighted by Crippen LogP contribution is -1.34. The van der Waals surface area contributed by atoms with Crippen LogP contribution in [0.2, 0.25) is 0 Å². The maximum absolute atomic E-state index is 4.93. The first-order valence-corrected chi connectivity index (χ1v) is 1.58. The fourth-order valence-electron chi connectivity index (χ4n) is 0.111. The average molecular weight is 67.1 g/mol. The molecule has 0 aliphatic carbocycles. The van der Waals surface area contributed by atoms with E-state index in [2.05, 4.69) is 0 Å². The lowest BCUT2D eigenvalue weighted by Gasteiger charge is -1.69.